The number of nitrogens with zero attached hydrogens (tertiary/aromatic N) is 1. The third-order valence-corrected chi connectivity index (χ3v) is 5.22. The van der Waals surface area contributed by atoms with Gasteiger partial charge in [0.25, 0.3) is 0 Å². The topological polar surface area (TPSA) is 50.8 Å². The Morgan fingerprint density at radius 2 is 1.85 bits per heavy atom. The number of urea groups is 1. The van der Waals surface area contributed by atoms with Crippen molar-refractivity contribution in [3.63, 3.8) is 0 Å². The first-order valence-corrected chi connectivity index (χ1v) is 9.03. The molecule has 1 fully saturated rings. The number of benzene rings is 2. The van der Waals surface area contributed by atoms with Crippen LogP contribution in [0.15, 0.2) is 36.4 Å². The molecule has 5 nitrogen and oxygen atoms in total. The maximum Gasteiger partial charge on any atom is 0.322 e. The molecule has 26 heavy (non-hydrogen) atoms. The van der Waals surface area contributed by atoms with Gasteiger partial charge in [0.05, 0.1) is 30.3 Å². The van der Waals surface area contributed by atoms with Crippen molar-refractivity contribution in [3.05, 3.63) is 52.0 Å². The van der Waals surface area contributed by atoms with E-state index in [0.29, 0.717) is 33.8 Å². The molecular formula is C19H20Cl2N2O3. The molecule has 0 saturated carbocycles. The van der Waals surface area contributed by atoms with Gasteiger partial charge < -0.3 is 19.7 Å². The third-order valence-electron chi connectivity index (χ3n) is 4.48. The molecule has 138 valence electrons. The lowest BCUT2D eigenvalue weighted by molar-refractivity contribution is 0.207. The molecule has 1 unspecified atom stereocenters. The Morgan fingerprint density at radius 1 is 1.08 bits per heavy atom. The van der Waals surface area contributed by atoms with E-state index in [4.69, 9.17) is 32.7 Å². The van der Waals surface area contributed by atoms with Crippen LogP contribution >= 0.6 is 23.2 Å². The molecule has 1 heterocycles. The first-order chi connectivity index (χ1) is 12.5. The number of carbonyl (C=O) groups excluding carboxylic acids is 1. The highest BCUT2D eigenvalue weighted by Gasteiger charge is 2.30. The van der Waals surface area contributed by atoms with Crippen LogP contribution < -0.4 is 14.8 Å². The normalized spacial score (nSPS) is 16.5. The average molecular weight is 395 g/mol. The maximum atomic E-state index is 12.8. The van der Waals surface area contributed by atoms with Gasteiger partial charge in [-0.25, -0.2) is 4.79 Å². The molecule has 1 atom stereocenters. The second-order valence-corrected chi connectivity index (χ2v) is 6.84. The first-order valence-electron chi connectivity index (χ1n) is 8.28. The van der Waals surface area contributed by atoms with E-state index in [1.54, 1.807) is 32.4 Å². The second-order valence-electron chi connectivity index (χ2n) is 6.02. The van der Waals surface area contributed by atoms with Crippen molar-refractivity contribution in [2.75, 3.05) is 26.1 Å². The van der Waals surface area contributed by atoms with Crippen LogP contribution in [-0.4, -0.2) is 31.7 Å². The number of likely N-dealkylation sites (tertiary alicyclic amines) is 1. The molecule has 0 bridgehead atoms. The minimum absolute atomic E-state index is 0.0161. The highest BCUT2D eigenvalue weighted by Crippen LogP contribution is 2.37. The fourth-order valence-electron chi connectivity index (χ4n) is 3.19. The molecular weight excluding hydrogens is 375 g/mol. The highest BCUT2D eigenvalue weighted by molar-refractivity contribution is 6.42. The van der Waals surface area contributed by atoms with Crippen LogP contribution in [0.25, 0.3) is 0 Å². The number of hydrogen-bond donors (Lipinski definition) is 1. The Balaban J connectivity index is 1.79. The van der Waals surface area contributed by atoms with Crippen LogP contribution in [-0.2, 0) is 0 Å². The zero-order valence-corrected chi connectivity index (χ0v) is 16.1. The summed E-state index contributed by atoms with van der Waals surface area (Å²) in [5.74, 6) is 1.32. The van der Waals surface area contributed by atoms with E-state index in [1.165, 1.54) is 0 Å². The number of rotatable bonds is 4. The van der Waals surface area contributed by atoms with Gasteiger partial charge >= 0.3 is 6.03 Å². The summed E-state index contributed by atoms with van der Waals surface area (Å²) in [5.41, 5.74) is 1.63. The first kappa shape index (κ1) is 18.7. The van der Waals surface area contributed by atoms with Gasteiger partial charge in [0.1, 0.15) is 0 Å². The van der Waals surface area contributed by atoms with Crippen LogP contribution in [0.2, 0.25) is 10.0 Å². The molecule has 2 amide bonds. The molecule has 0 aliphatic carbocycles. The zero-order chi connectivity index (χ0) is 18.7. The molecule has 1 saturated heterocycles. The molecule has 7 heteroatoms. The van der Waals surface area contributed by atoms with Crippen molar-refractivity contribution in [3.8, 4) is 11.5 Å². The fourth-order valence-corrected chi connectivity index (χ4v) is 3.48. The summed E-state index contributed by atoms with van der Waals surface area (Å²) in [5, 5.41) is 3.75. The number of ether oxygens (including phenoxy) is 2. The standard InChI is InChI=1S/C19H20Cl2N2O3/c1-25-17-8-5-12(10-18(17)26-2)16-4-3-9-23(16)19(24)22-13-6-7-14(20)15(21)11-13/h5-8,10-11,16H,3-4,9H2,1-2H3,(H,22,24). The Morgan fingerprint density at radius 3 is 2.54 bits per heavy atom. The molecule has 2 aromatic rings. The van der Waals surface area contributed by atoms with Crippen molar-refractivity contribution < 1.29 is 14.3 Å². The van der Waals surface area contributed by atoms with Crippen molar-refractivity contribution in [2.24, 2.45) is 0 Å². The number of carbonyl (C=O) groups is 1. The van der Waals surface area contributed by atoms with Crippen molar-refractivity contribution in [1.82, 2.24) is 4.90 Å². The number of amides is 2. The molecule has 1 aliphatic rings. The van der Waals surface area contributed by atoms with Crippen LogP contribution in [0.5, 0.6) is 11.5 Å². The van der Waals surface area contributed by atoms with E-state index in [2.05, 4.69) is 5.32 Å². The van der Waals surface area contributed by atoms with E-state index < -0.39 is 0 Å². The zero-order valence-electron chi connectivity index (χ0n) is 14.6. The van der Waals surface area contributed by atoms with Crippen LogP contribution in [0.4, 0.5) is 10.5 Å². The molecule has 0 radical (unpaired) electrons. The van der Waals surface area contributed by atoms with Gasteiger partial charge in [-0.2, -0.15) is 0 Å². The summed E-state index contributed by atoms with van der Waals surface area (Å²) in [6, 6.07) is 10.6. The monoisotopic (exact) mass is 394 g/mol. The third kappa shape index (κ3) is 3.84. The van der Waals surface area contributed by atoms with E-state index in [0.717, 1.165) is 18.4 Å². The lowest BCUT2D eigenvalue weighted by atomic mass is 10.0. The predicted molar refractivity (Wildman–Crippen MR) is 104 cm³/mol. The molecule has 2 aromatic carbocycles. The molecule has 1 aliphatic heterocycles. The van der Waals surface area contributed by atoms with E-state index in [9.17, 15) is 4.79 Å². The van der Waals surface area contributed by atoms with Crippen molar-refractivity contribution in [2.45, 2.75) is 18.9 Å². The Kier molecular flexibility index (Phi) is 5.79. The van der Waals surface area contributed by atoms with Gasteiger partial charge in [0.15, 0.2) is 11.5 Å². The lowest BCUT2D eigenvalue weighted by Crippen LogP contribution is -2.34. The summed E-state index contributed by atoms with van der Waals surface area (Å²) >= 11 is 11.9. The van der Waals surface area contributed by atoms with Crippen LogP contribution in [0, 0.1) is 0 Å². The molecule has 3 rings (SSSR count). The largest absolute Gasteiger partial charge is 0.493 e. The quantitative estimate of drug-likeness (QED) is 0.756. The Labute approximate surface area is 162 Å². The van der Waals surface area contributed by atoms with Gasteiger partial charge in [0.2, 0.25) is 0 Å². The van der Waals surface area contributed by atoms with Crippen LogP contribution in [0.1, 0.15) is 24.4 Å². The number of hydrogen-bond acceptors (Lipinski definition) is 3. The summed E-state index contributed by atoms with van der Waals surface area (Å²) in [7, 11) is 3.20. The molecule has 0 aromatic heterocycles. The van der Waals surface area contributed by atoms with E-state index in [-0.39, 0.29) is 12.1 Å². The van der Waals surface area contributed by atoms with E-state index >= 15 is 0 Å². The predicted octanol–water partition coefficient (Wildman–Crippen LogP) is 5.38. The summed E-state index contributed by atoms with van der Waals surface area (Å²) < 4.78 is 10.7. The van der Waals surface area contributed by atoms with Crippen molar-refractivity contribution in [1.29, 1.82) is 0 Å². The Hall–Kier alpha value is -2.11. The smallest absolute Gasteiger partial charge is 0.322 e. The molecule has 1 N–H and O–H groups in total. The SMILES string of the molecule is COc1ccc(C2CCCN2C(=O)Nc2ccc(Cl)c(Cl)c2)cc1OC. The second kappa shape index (κ2) is 8.06. The van der Waals surface area contributed by atoms with Gasteiger partial charge in [-0.1, -0.05) is 29.3 Å². The minimum atomic E-state index is -0.166. The van der Waals surface area contributed by atoms with Gasteiger partial charge in [0, 0.05) is 12.2 Å². The number of methoxy groups -OCH3 is 2. The summed E-state index contributed by atoms with van der Waals surface area (Å²) in [6.45, 7) is 0.687. The minimum Gasteiger partial charge on any atom is -0.493 e. The number of anilines is 1. The highest BCUT2D eigenvalue weighted by atomic mass is 35.5. The lowest BCUT2D eigenvalue weighted by Gasteiger charge is -2.26. The average Bonchev–Trinajstić information content (AvgIpc) is 3.14. The van der Waals surface area contributed by atoms with Gasteiger partial charge in [-0.3, -0.25) is 0 Å². The van der Waals surface area contributed by atoms with Crippen molar-refractivity contribution >= 4 is 34.9 Å². The summed E-state index contributed by atoms with van der Waals surface area (Å²) in [6.07, 6.45) is 1.83. The van der Waals surface area contributed by atoms with Gasteiger partial charge in [-0.05, 0) is 48.7 Å². The number of halogens is 2. The maximum absolute atomic E-state index is 12.8. The Bertz CT molecular complexity index is 813. The van der Waals surface area contributed by atoms with Gasteiger partial charge in [-0.15, -0.1) is 0 Å². The van der Waals surface area contributed by atoms with Crippen LogP contribution in [0.3, 0.4) is 0 Å². The number of nitrogens with one attached hydrogen (secondary N) is 1. The summed E-state index contributed by atoms with van der Waals surface area (Å²) in [4.78, 5) is 14.6. The molecule has 0 spiro atoms. The van der Waals surface area contributed by atoms with E-state index in [1.807, 2.05) is 23.1 Å². The fraction of sp³-hybridized carbons (Fsp3) is 0.316.